The molecule has 2 aliphatic carbocycles. The normalized spacial score (nSPS) is 22.3. The van der Waals surface area contributed by atoms with Crippen LogP contribution < -0.4 is 0 Å². The lowest BCUT2D eigenvalue weighted by atomic mass is 9.66. The van der Waals surface area contributed by atoms with Gasteiger partial charge in [0.05, 0.1) is 59.2 Å². The van der Waals surface area contributed by atoms with E-state index in [-0.39, 0.29) is 35.7 Å². The van der Waals surface area contributed by atoms with Gasteiger partial charge in [-0.1, -0.05) is 26.0 Å². The lowest BCUT2D eigenvalue weighted by molar-refractivity contribution is 0.0747. The Labute approximate surface area is 212 Å². The first-order valence-corrected chi connectivity index (χ1v) is 12.3. The molecule has 0 spiro atoms. The molecule has 3 aromatic heterocycles. The molecule has 6 rings (SSSR count). The van der Waals surface area contributed by atoms with Gasteiger partial charge in [0.2, 0.25) is 0 Å². The summed E-state index contributed by atoms with van der Waals surface area (Å²) in [5.41, 5.74) is 3.01. The Morgan fingerprint density at radius 1 is 1.05 bits per heavy atom. The minimum atomic E-state index is -0.953. The molecule has 2 aliphatic rings. The zero-order valence-corrected chi connectivity index (χ0v) is 20.4. The van der Waals surface area contributed by atoms with E-state index < -0.39 is 23.2 Å². The molecular weight excluding hydrogens is 478 g/mol. The number of pyridine rings is 1. The molecule has 1 fully saturated rings. The highest BCUT2D eigenvalue weighted by Crippen LogP contribution is 2.69. The van der Waals surface area contributed by atoms with Crippen LogP contribution in [0.15, 0.2) is 48.7 Å². The van der Waals surface area contributed by atoms with Gasteiger partial charge in [0.1, 0.15) is 17.3 Å². The molecule has 3 heterocycles. The zero-order chi connectivity index (χ0) is 25.9. The van der Waals surface area contributed by atoms with E-state index in [1.807, 2.05) is 18.2 Å². The highest BCUT2D eigenvalue weighted by Gasteiger charge is 2.65. The second-order valence-corrected chi connectivity index (χ2v) is 10.4. The number of aliphatic hydroxyl groups is 2. The van der Waals surface area contributed by atoms with Crippen LogP contribution >= 0.6 is 0 Å². The van der Waals surface area contributed by atoms with Crippen molar-refractivity contribution in [1.82, 2.24) is 30.2 Å². The number of nitrogens with zero attached hydrogens (tertiary/aromatic N) is 6. The minimum Gasteiger partial charge on any atom is -0.394 e. The number of aliphatic hydroxyl groups excluding tert-OH is 2. The first-order valence-electron chi connectivity index (χ1n) is 12.3. The summed E-state index contributed by atoms with van der Waals surface area (Å²) in [4.78, 5) is 6.33. The average molecular weight is 505 g/mol. The van der Waals surface area contributed by atoms with Crippen molar-refractivity contribution in [3.05, 3.63) is 77.2 Å². The van der Waals surface area contributed by atoms with Gasteiger partial charge in [-0.05, 0) is 60.1 Å². The summed E-state index contributed by atoms with van der Waals surface area (Å²) in [6.07, 6.45) is 2.34. The Morgan fingerprint density at radius 3 is 2.57 bits per heavy atom. The van der Waals surface area contributed by atoms with Gasteiger partial charge in [-0.15, -0.1) is 5.10 Å². The van der Waals surface area contributed by atoms with Crippen molar-refractivity contribution in [2.45, 2.75) is 50.7 Å². The summed E-state index contributed by atoms with van der Waals surface area (Å²) >= 11 is 0. The molecule has 4 aromatic rings. The zero-order valence-electron chi connectivity index (χ0n) is 20.4. The fourth-order valence-electron chi connectivity index (χ4n) is 6.32. The van der Waals surface area contributed by atoms with E-state index in [1.165, 1.54) is 23.0 Å². The van der Waals surface area contributed by atoms with E-state index in [2.05, 4.69) is 34.2 Å². The summed E-state index contributed by atoms with van der Waals surface area (Å²) in [5.74, 6) is -1.20. The molecule has 1 aromatic carbocycles. The van der Waals surface area contributed by atoms with E-state index in [9.17, 15) is 13.9 Å². The maximum Gasteiger partial charge on any atom is 0.135 e. The SMILES string of the molecule is CC1(C)[C@H]2CC[C@]1(c1cccc(-c3cnn(CC(O)CO)n3)n1)c1nnc(-c3c(F)cccc3F)cc12. The van der Waals surface area contributed by atoms with Crippen LogP contribution in [0.3, 0.4) is 0 Å². The Kier molecular flexibility index (Phi) is 5.43. The van der Waals surface area contributed by atoms with Crippen molar-refractivity contribution in [2.24, 2.45) is 5.41 Å². The van der Waals surface area contributed by atoms with Crippen LogP contribution in [0.5, 0.6) is 0 Å². The molecule has 10 heteroatoms. The van der Waals surface area contributed by atoms with Crippen LogP contribution in [-0.4, -0.2) is 53.1 Å². The predicted octanol–water partition coefficient (Wildman–Crippen LogP) is 3.63. The largest absolute Gasteiger partial charge is 0.394 e. The van der Waals surface area contributed by atoms with Crippen molar-refractivity contribution in [3.8, 4) is 22.6 Å². The van der Waals surface area contributed by atoms with Gasteiger partial charge in [0, 0.05) is 0 Å². The van der Waals surface area contributed by atoms with Crippen LogP contribution in [0.1, 0.15) is 49.6 Å². The van der Waals surface area contributed by atoms with Gasteiger partial charge in [0.15, 0.2) is 0 Å². The second-order valence-electron chi connectivity index (χ2n) is 10.4. The number of halogens is 2. The molecule has 2 N–H and O–H groups in total. The summed E-state index contributed by atoms with van der Waals surface area (Å²) in [6, 6.07) is 11.3. The van der Waals surface area contributed by atoms with E-state index in [4.69, 9.17) is 10.1 Å². The molecular formula is C27H26F2N6O2. The molecule has 0 aliphatic heterocycles. The van der Waals surface area contributed by atoms with E-state index in [0.717, 1.165) is 29.8 Å². The van der Waals surface area contributed by atoms with Crippen molar-refractivity contribution in [1.29, 1.82) is 0 Å². The van der Waals surface area contributed by atoms with Gasteiger partial charge in [0.25, 0.3) is 0 Å². The molecule has 0 saturated heterocycles. The molecule has 0 amide bonds. The smallest absolute Gasteiger partial charge is 0.135 e. The minimum absolute atomic E-state index is 0.0722. The molecule has 3 atom stereocenters. The Hall–Kier alpha value is -3.63. The first-order chi connectivity index (χ1) is 17.8. The third-order valence-corrected chi connectivity index (χ3v) is 8.17. The summed E-state index contributed by atoms with van der Waals surface area (Å²) in [6.45, 7) is 4.07. The van der Waals surface area contributed by atoms with Gasteiger partial charge in [-0.25, -0.2) is 8.78 Å². The predicted molar refractivity (Wildman–Crippen MR) is 130 cm³/mol. The van der Waals surface area contributed by atoms with Crippen LogP contribution in [0, 0.1) is 17.0 Å². The van der Waals surface area contributed by atoms with Crippen molar-refractivity contribution in [2.75, 3.05) is 6.61 Å². The topological polar surface area (TPSA) is 110 Å². The Bertz CT molecular complexity index is 1490. The quantitative estimate of drug-likeness (QED) is 0.413. The van der Waals surface area contributed by atoms with Crippen molar-refractivity contribution < 1.29 is 19.0 Å². The third kappa shape index (κ3) is 3.42. The van der Waals surface area contributed by atoms with Crippen molar-refractivity contribution in [3.63, 3.8) is 0 Å². The lowest BCUT2D eigenvalue weighted by Crippen LogP contribution is -2.37. The van der Waals surface area contributed by atoms with E-state index >= 15 is 0 Å². The van der Waals surface area contributed by atoms with Crippen LogP contribution in [0.4, 0.5) is 8.78 Å². The molecule has 0 radical (unpaired) electrons. The summed E-state index contributed by atoms with van der Waals surface area (Å²) in [5, 5.41) is 36.3. The van der Waals surface area contributed by atoms with E-state index in [1.54, 1.807) is 12.3 Å². The van der Waals surface area contributed by atoms with Gasteiger partial charge < -0.3 is 10.2 Å². The highest BCUT2D eigenvalue weighted by atomic mass is 19.1. The first kappa shape index (κ1) is 23.7. The van der Waals surface area contributed by atoms with Crippen LogP contribution in [-0.2, 0) is 12.0 Å². The molecule has 8 nitrogen and oxygen atoms in total. The van der Waals surface area contributed by atoms with E-state index in [0.29, 0.717) is 11.4 Å². The number of aromatic nitrogens is 6. The maximum atomic E-state index is 14.5. The molecule has 37 heavy (non-hydrogen) atoms. The fraction of sp³-hybridized carbons (Fsp3) is 0.370. The number of rotatable bonds is 6. The van der Waals surface area contributed by atoms with Gasteiger partial charge >= 0.3 is 0 Å². The van der Waals surface area contributed by atoms with Crippen LogP contribution in [0.2, 0.25) is 0 Å². The Morgan fingerprint density at radius 2 is 1.81 bits per heavy atom. The van der Waals surface area contributed by atoms with Crippen molar-refractivity contribution >= 4 is 0 Å². The highest BCUT2D eigenvalue weighted by molar-refractivity contribution is 5.64. The number of fused-ring (bicyclic) bond motifs is 5. The third-order valence-electron chi connectivity index (χ3n) is 8.17. The van der Waals surface area contributed by atoms with Crippen LogP contribution in [0.25, 0.3) is 22.6 Å². The summed E-state index contributed by atoms with van der Waals surface area (Å²) < 4.78 is 29.0. The van der Waals surface area contributed by atoms with Gasteiger partial charge in [-0.2, -0.15) is 20.1 Å². The molecule has 190 valence electrons. The van der Waals surface area contributed by atoms with Gasteiger partial charge in [-0.3, -0.25) is 4.98 Å². The monoisotopic (exact) mass is 504 g/mol. The standard InChI is InChI=1S/C27H26F2N6O2/c1-26(2)17-9-10-27(26,25-16(17)11-21(32-33-25)24-18(28)5-3-6-19(24)29)23-8-4-7-20(31-23)22-12-30-35(34-22)13-15(37)14-36/h3-8,11-12,15,17,36-37H,9-10,13-14H2,1-2H3/t15?,17-,27-/m0/s1. The number of hydrogen-bond donors (Lipinski definition) is 2. The molecule has 2 bridgehead atoms. The average Bonchev–Trinajstić information content (AvgIpc) is 3.51. The number of benzene rings is 1. The maximum absolute atomic E-state index is 14.5. The Balaban J connectivity index is 1.43. The number of hydrogen-bond acceptors (Lipinski definition) is 7. The molecule has 1 saturated carbocycles. The lowest BCUT2D eigenvalue weighted by Gasteiger charge is -2.37. The second kappa shape index (κ2) is 8.46. The summed E-state index contributed by atoms with van der Waals surface area (Å²) in [7, 11) is 0. The fourth-order valence-corrected chi connectivity index (χ4v) is 6.32. The molecule has 1 unspecified atom stereocenters.